The summed E-state index contributed by atoms with van der Waals surface area (Å²) in [5.74, 6) is 1.27. The number of hydrogen-bond acceptors (Lipinski definition) is 5. The molecule has 0 aliphatic rings. The molecule has 0 amide bonds. The quantitative estimate of drug-likeness (QED) is 0.667. The Bertz CT molecular complexity index is 381. The summed E-state index contributed by atoms with van der Waals surface area (Å²) in [6.07, 6.45) is 0.258. The Labute approximate surface area is 120 Å². The van der Waals surface area contributed by atoms with E-state index < -0.39 is 6.10 Å². The molecule has 0 saturated carbocycles. The van der Waals surface area contributed by atoms with Crippen LogP contribution in [0.15, 0.2) is 18.2 Å². The first kappa shape index (κ1) is 16.8. The van der Waals surface area contributed by atoms with Crippen LogP contribution in [0.25, 0.3) is 0 Å². The summed E-state index contributed by atoms with van der Waals surface area (Å²) in [6, 6.07) is 5.30. The number of ether oxygens (including phenoxy) is 4. The van der Waals surface area contributed by atoms with Gasteiger partial charge in [-0.2, -0.15) is 0 Å². The van der Waals surface area contributed by atoms with Crippen molar-refractivity contribution in [3.05, 3.63) is 23.8 Å². The Morgan fingerprint density at radius 3 is 2.45 bits per heavy atom. The fraction of sp³-hybridized carbons (Fsp3) is 0.600. The molecule has 5 nitrogen and oxygen atoms in total. The summed E-state index contributed by atoms with van der Waals surface area (Å²) in [5, 5.41) is 10.1. The minimum absolute atomic E-state index is 0.207. The highest BCUT2D eigenvalue weighted by Gasteiger charge is 2.14. The van der Waals surface area contributed by atoms with Gasteiger partial charge in [0.2, 0.25) is 0 Å². The van der Waals surface area contributed by atoms with Crippen LogP contribution in [0.1, 0.15) is 25.0 Å². The van der Waals surface area contributed by atoms with Gasteiger partial charge in [0.05, 0.1) is 34.0 Å². The van der Waals surface area contributed by atoms with Crippen molar-refractivity contribution in [1.29, 1.82) is 0 Å². The maximum absolute atomic E-state index is 10.1. The Morgan fingerprint density at radius 2 is 1.80 bits per heavy atom. The maximum Gasteiger partial charge on any atom is 0.128 e. The lowest BCUT2D eigenvalue weighted by Crippen LogP contribution is -2.12. The third-order valence-corrected chi connectivity index (χ3v) is 2.80. The molecule has 114 valence electrons. The first-order valence-corrected chi connectivity index (χ1v) is 6.78. The number of rotatable bonds is 10. The number of benzene rings is 1. The molecule has 0 radical (unpaired) electrons. The Balaban J connectivity index is 2.44. The minimum atomic E-state index is -0.734. The Morgan fingerprint density at radius 1 is 1.05 bits per heavy atom. The van der Waals surface area contributed by atoms with Crippen molar-refractivity contribution in [3.8, 4) is 11.5 Å². The average Bonchev–Trinajstić information content (AvgIpc) is 2.49. The van der Waals surface area contributed by atoms with Crippen molar-refractivity contribution < 1.29 is 24.1 Å². The van der Waals surface area contributed by atoms with Gasteiger partial charge in [-0.05, 0) is 18.6 Å². The second-order valence-electron chi connectivity index (χ2n) is 4.31. The van der Waals surface area contributed by atoms with Crippen molar-refractivity contribution in [1.82, 2.24) is 0 Å². The first-order chi connectivity index (χ1) is 9.72. The highest BCUT2D eigenvalue weighted by molar-refractivity contribution is 5.41. The van der Waals surface area contributed by atoms with Crippen LogP contribution in [0.4, 0.5) is 0 Å². The van der Waals surface area contributed by atoms with Crippen LogP contribution in [0, 0.1) is 0 Å². The predicted octanol–water partition coefficient (Wildman–Crippen LogP) is 2.18. The standard InChI is InChI=1S/C15H24O5/c1-4-7-19-8-9-20-11-14(16)13-6-5-12(17-2)10-15(13)18-3/h5-6,10,14,16H,4,7-9,11H2,1-3H3. The highest BCUT2D eigenvalue weighted by atomic mass is 16.5. The molecule has 0 aliphatic heterocycles. The van der Waals surface area contributed by atoms with Crippen molar-refractivity contribution in [3.63, 3.8) is 0 Å². The molecule has 1 unspecified atom stereocenters. The van der Waals surface area contributed by atoms with Crippen LogP contribution in [-0.2, 0) is 9.47 Å². The molecule has 0 bridgehead atoms. The van der Waals surface area contributed by atoms with Gasteiger partial charge in [-0.25, -0.2) is 0 Å². The summed E-state index contributed by atoms with van der Waals surface area (Å²) in [4.78, 5) is 0. The van der Waals surface area contributed by atoms with Crippen LogP contribution in [0.2, 0.25) is 0 Å². The zero-order valence-electron chi connectivity index (χ0n) is 12.4. The summed E-state index contributed by atoms with van der Waals surface area (Å²) in [7, 11) is 3.15. The fourth-order valence-corrected chi connectivity index (χ4v) is 1.74. The van der Waals surface area contributed by atoms with E-state index in [0.717, 1.165) is 13.0 Å². The lowest BCUT2D eigenvalue weighted by atomic mass is 10.1. The molecule has 1 N–H and O–H groups in total. The molecule has 1 atom stereocenters. The van der Waals surface area contributed by atoms with E-state index >= 15 is 0 Å². The van der Waals surface area contributed by atoms with Crippen LogP contribution >= 0.6 is 0 Å². The predicted molar refractivity (Wildman–Crippen MR) is 76.4 cm³/mol. The summed E-state index contributed by atoms with van der Waals surface area (Å²) < 4.78 is 21.1. The van der Waals surface area contributed by atoms with Gasteiger partial charge in [0.25, 0.3) is 0 Å². The molecule has 0 aromatic heterocycles. The number of methoxy groups -OCH3 is 2. The number of aliphatic hydroxyl groups is 1. The van der Waals surface area contributed by atoms with Crippen LogP contribution in [-0.4, -0.2) is 45.8 Å². The molecule has 20 heavy (non-hydrogen) atoms. The third-order valence-electron chi connectivity index (χ3n) is 2.80. The zero-order valence-corrected chi connectivity index (χ0v) is 12.4. The summed E-state index contributed by atoms with van der Waals surface area (Å²) >= 11 is 0. The van der Waals surface area contributed by atoms with E-state index in [1.165, 1.54) is 0 Å². The van der Waals surface area contributed by atoms with Gasteiger partial charge in [-0.15, -0.1) is 0 Å². The van der Waals surface area contributed by atoms with Crippen molar-refractivity contribution in [2.45, 2.75) is 19.4 Å². The molecule has 5 heteroatoms. The molecule has 0 spiro atoms. The largest absolute Gasteiger partial charge is 0.497 e. The Kier molecular flexibility index (Phi) is 8.02. The van der Waals surface area contributed by atoms with E-state index in [9.17, 15) is 5.11 Å². The molecular formula is C15H24O5. The van der Waals surface area contributed by atoms with Gasteiger partial charge in [-0.3, -0.25) is 0 Å². The maximum atomic E-state index is 10.1. The van der Waals surface area contributed by atoms with Crippen LogP contribution < -0.4 is 9.47 Å². The molecule has 0 aliphatic carbocycles. The molecular weight excluding hydrogens is 260 g/mol. The molecule has 0 fully saturated rings. The minimum Gasteiger partial charge on any atom is -0.497 e. The highest BCUT2D eigenvalue weighted by Crippen LogP contribution is 2.29. The van der Waals surface area contributed by atoms with E-state index in [-0.39, 0.29) is 6.61 Å². The lowest BCUT2D eigenvalue weighted by Gasteiger charge is -2.16. The van der Waals surface area contributed by atoms with E-state index in [4.69, 9.17) is 18.9 Å². The van der Waals surface area contributed by atoms with E-state index in [0.29, 0.717) is 30.3 Å². The summed E-state index contributed by atoms with van der Waals surface area (Å²) in [6.45, 7) is 4.01. The van der Waals surface area contributed by atoms with Crippen LogP contribution in [0.5, 0.6) is 11.5 Å². The SMILES string of the molecule is CCCOCCOCC(O)c1ccc(OC)cc1OC. The molecule has 1 aromatic rings. The first-order valence-electron chi connectivity index (χ1n) is 6.78. The van der Waals surface area contributed by atoms with E-state index in [1.54, 1.807) is 32.4 Å². The second kappa shape index (κ2) is 9.58. The lowest BCUT2D eigenvalue weighted by molar-refractivity contribution is 0.00261. The average molecular weight is 284 g/mol. The van der Waals surface area contributed by atoms with Crippen LogP contribution in [0.3, 0.4) is 0 Å². The fourth-order valence-electron chi connectivity index (χ4n) is 1.74. The zero-order chi connectivity index (χ0) is 14.8. The molecule has 1 rings (SSSR count). The normalized spacial score (nSPS) is 12.2. The number of hydrogen-bond donors (Lipinski definition) is 1. The van der Waals surface area contributed by atoms with E-state index in [1.807, 2.05) is 0 Å². The van der Waals surface area contributed by atoms with Gasteiger partial charge >= 0.3 is 0 Å². The van der Waals surface area contributed by atoms with Crippen molar-refractivity contribution >= 4 is 0 Å². The van der Waals surface area contributed by atoms with Gasteiger partial charge in [-0.1, -0.05) is 6.92 Å². The monoisotopic (exact) mass is 284 g/mol. The smallest absolute Gasteiger partial charge is 0.128 e. The molecule has 0 heterocycles. The third kappa shape index (κ3) is 5.36. The summed E-state index contributed by atoms with van der Waals surface area (Å²) in [5.41, 5.74) is 0.683. The second-order valence-corrected chi connectivity index (χ2v) is 4.31. The van der Waals surface area contributed by atoms with Gasteiger partial charge in [0, 0.05) is 18.2 Å². The van der Waals surface area contributed by atoms with Crippen molar-refractivity contribution in [2.75, 3.05) is 40.6 Å². The molecule has 0 saturated heterocycles. The van der Waals surface area contributed by atoms with Gasteiger partial charge in [0.1, 0.15) is 17.6 Å². The topological polar surface area (TPSA) is 57.2 Å². The van der Waals surface area contributed by atoms with Gasteiger partial charge < -0.3 is 24.1 Å². The number of aliphatic hydroxyl groups excluding tert-OH is 1. The molecule has 1 aromatic carbocycles. The van der Waals surface area contributed by atoms with Gasteiger partial charge in [0.15, 0.2) is 0 Å². The van der Waals surface area contributed by atoms with Crippen molar-refractivity contribution in [2.24, 2.45) is 0 Å². The Hall–Kier alpha value is -1.30. The van der Waals surface area contributed by atoms with E-state index in [2.05, 4.69) is 6.92 Å².